The number of alkyl halides is 3. The molecule has 3 N–H and O–H groups in total. The molecule has 1 aromatic carbocycles. The highest BCUT2D eigenvalue weighted by atomic mass is 19.4. The Kier molecular flexibility index (Phi) is 6.52. The van der Waals surface area contributed by atoms with Crippen molar-refractivity contribution in [3.05, 3.63) is 41.4 Å². The second-order valence-electron chi connectivity index (χ2n) is 9.00. The molecule has 0 saturated carbocycles. The number of amides is 1. The van der Waals surface area contributed by atoms with Crippen molar-refractivity contribution >= 4 is 22.6 Å². The number of methoxy groups -OCH3 is 1. The first-order chi connectivity index (χ1) is 16.9. The molecule has 0 aliphatic carbocycles. The smallest absolute Gasteiger partial charge is 0.433 e. The molecule has 0 bridgehead atoms. The first-order valence-electron chi connectivity index (χ1n) is 11.1. The standard InChI is InChI=1S/C24H25F3N4O5/c1-12(32)15-10-23(2,34)11-31(15)22(33)20-17(8-9-28)36-21(30-20)14-4-6-16(35-3)19-13(14)5-7-18(29-19)24(25,26)27/h4-7,15,34H,8-11,28H2,1-3H3/t15-,23?/m0/s1. The summed E-state index contributed by atoms with van der Waals surface area (Å²) in [6, 6.07) is 4.22. The van der Waals surface area contributed by atoms with E-state index in [1.54, 1.807) is 6.07 Å². The maximum Gasteiger partial charge on any atom is 0.433 e. The molecule has 2 atom stereocenters. The number of hydrogen-bond acceptors (Lipinski definition) is 8. The molecule has 1 amide bonds. The van der Waals surface area contributed by atoms with E-state index >= 15 is 0 Å². The third-order valence-electron chi connectivity index (χ3n) is 6.08. The van der Waals surface area contributed by atoms with Crippen LogP contribution in [-0.2, 0) is 17.4 Å². The first kappa shape index (κ1) is 25.6. The molecule has 2 aromatic heterocycles. The topological polar surface area (TPSA) is 132 Å². The number of pyridine rings is 1. The van der Waals surface area contributed by atoms with Gasteiger partial charge in [-0.25, -0.2) is 9.97 Å². The van der Waals surface area contributed by atoms with Crippen LogP contribution in [0.2, 0.25) is 0 Å². The molecular formula is C24H25F3N4O5. The van der Waals surface area contributed by atoms with Gasteiger partial charge in [-0.1, -0.05) is 0 Å². The lowest BCUT2D eigenvalue weighted by molar-refractivity contribution is -0.141. The molecule has 12 heteroatoms. The second-order valence-corrected chi connectivity index (χ2v) is 9.00. The summed E-state index contributed by atoms with van der Waals surface area (Å²) in [7, 11) is 1.31. The Morgan fingerprint density at radius 3 is 2.61 bits per heavy atom. The molecule has 0 radical (unpaired) electrons. The number of Topliss-reactive ketones (excluding diaryl/α,β-unsaturated/α-hetero) is 1. The van der Waals surface area contributed by atoms with Gasteiger partial charge >= 0.3 is 6.18 Å². The van der Waals surface area contributed by atoms with Crippen LogP contribution in [0.1, 0.15) is 42.2 Å². The van der Waals surface area contributed by atoms with Crippen LogP contribution in [0.4, 0.5) is 13.2 Å². The summed E-state index contributed by atoms with van der Waals surface area (Å²) in [5, 5.41) is 10.7. The molecule has 36 heavy (non-hydrogen) atoms. The number of ether oxygens (including phenoxy) is 1. The third-order valence-corrected chi connectivity index (χ3v) is 6.08. The lowest BCUT2D eigenvalue weighted by Crippen LogP contribution is -2.40. The molecule has 1 aliphatic rings. The van der Waals surface area contributed by atoms with Crippen molar-refractivity contribution < 1.29 is 37.0 Å². The number of oxazole rings is 1. The molecule has 1 aliphatic heterocycles. The highest BCUT2D eigenvalue weighted by molar-refractivity contribution is 5.99. The molecule has 1 fully saturated rings. The highest BCUT2D eigenvalue weighted by Gasteiger charge is 2.45. The average Bonchev–Trinajstić information content (AvgIpc) is 3.37. The number of carbonyl (C=O) groups excluding carboxylic acids is 2. The van der Waals surface area contributed by atoms with E-state index in [1.165, 1.54) is 38.0 Å². The van der Waals surface area contributed by atoms with E-state index in [4.69, 9.17) is 14.9 Å². The maximum absolute atomic E-state index is 13.5. The summed E-state index contributed by atoms with van der Waals surface area (Å²) < 4.78 is 50.9. The minimum absolute atomic E-state index is 0.0265. The number of benzene rings is 1. The van der Waals surface area contributed by atoms with Crippen molar-refractivity contribution in [3.8, 4) is 17.2 Å². The summed E-state index contributed by atoms with van der Waals surface area (Å²) >= 11 is 0. The number of rotatable bonds is 6. The number of ketones is 1. The van der Waals surface area contributed by atoms with Crippen molar-refractivity contribution in [2.45, 2.75) is 44.5 Å². The number of aliphatic hydroxyl groups is 1. The molecule has 4 rings (SSSR count). The fourth-order valence-electron chi connectivity index (χ4n) is 4.42. The fraction of sp³-hybridized carbons (Fsp3) is 0.417. The molecular weight excluding hydrogens is 481 g/mol. The molecule has 192 valence electrons. The zero-order valence-electron chi connectivity index (χ0n) is 19.8. The summed E-state index contributed by atoms with van der Waals surface area (Å²) in [5.74, 6) is -0.635. The van der Waals surface area contributed by atoms with Crippen LogP contribution in [0.5, 0.6) is 5.75 Å². The van der Waals surface area contributed by atoms with Gasteiger partial charge in [-0.2, -0.15) is 13.2 Å². The Balaban J connectivity index is 1.83. The van der Waals surface area contributed by atoms with Gasteiger partial charge in [-0.15, -0.1) is 0 Å². The molecule has 3 heterocycles. The number of halogens is 3. The molecule has 1 saturated heterocycles. The van der Waals surface area contributed by atoms with Crippen LogP contribution < -0.4 is 10.5 Å². The first-order valence-corrected chi connectivity index (χ1v) is 11.1. The van der Waals surface area contributed by atoms with Gasteiger partial charge in [0.1, 0.15) is 22.7 Å². The Morgan fingerprint density at radius 2 is 2.00 bits per heavy atom. The monoisotopic (exact) mass is 506 g/mol. The number of aromatic nitrogens is 2. The van der Waals surface area contributed by atoms with Crippen LogP contribution in [0.25, 0.3) is 22.4 Å². The Hall–Kier alpha value is -3.51. The summed E-state index contributed by atoms with van der Waals surface area (Å²) in [5.41, 5.74) is 3.52. The lowest BCUT2D eigenvalue weighted by Gasteiger charge is -2.22. The van der Waals surface area contributed by atoms with E-state index in [0.717, 1.165) is 6.07 Å². The minimum Gasteiger partial charge on any atom is -0.494 e. The Labute approximate surface area is 204 Å². The van der Waals surface area contributed by atoms with Crippen LogP contribution in [0, 0.1) is 0 Å². The van der Waals surface area contributed by atoms with Gasteiger partial charge in [0.25, 0.3) is 5.91 Å². The van der Waals surface area contributed by atoms with Gasteiger partial charge in [-0.05, 0) is 44.7 Å². The molecule has 1 unspecified atom stereocenters. The number of carbonyl (C=O) groups is 2. The zero-order chi connectivity index (χ0) is 26.4. The van der Waals surface area contributed by atoms with Gasteiger partial charge in [0, 0.05) is 23.8 Å². The zero-order valence-corrected chi connectivity index (χ0v) is 19.8. The Bertz CT molecular complexity index is 1340. The van der Waals surface area contributed by atoms with E-state index in [9.17, 15) is 27.9 Å². The van der Waals surface area contributed by atoms with Gasteiger partial charge in [0.2, 0.25) is 5.89 Å². The number of hydrogen-bond donors (Lipinski definition) is 2. The van der Waals surface area contributed by atoms with Crippen LogP contribution >= 0.6 is 0 Å². The lowest BCUT2D eigenvalue weighted by atomic mass is 10.0. The molecule has 9 nitrogen and oxygen atoms in total. The molecule has 0 spiro atoms. The van der Waals surface area contributed by atoms with E-state index in [1.807, 2.05) is 0 Å². The normalized spacial score (nSPS) is 20.2. The van der Waals surface area contributed by atoms with Gasteiger partial charge in [0.05, 0.1) is 25.3 Å². The van der Waals surface area contributed by atoms with Crippen LogP contribution in [-0.4, -0.2) is 63.5 Å². The van der Waals surface area contributed by atoms with Crippen LogP contribution in [0.3, 0.4) is 0 Å². The van der Waals surface area contributed by atoms with E-state index in [-0.39, 0.29) is 65.7 Å². The predicted molar refractivity (Wildman–Crippen MR) is 122 cm³/mol. The van der Waals surface area contributed by atoms with Gasteiger partial charge in [-0.3, -0.25) is 9.59 Å². The van der Waals surface area contributed by atoms with E-state index < -0.39 is 29.4 Å². The average molecular weight is 506 g/mol. The number of fused-ring (bicyclic) bond motifs is 1. The van der Waals surface area contributed by atoms with Crippen molar-refractivity contribution in [3.63, 3.8) is 0 Å². The Morgan fingerprint density at radius 1 is 1.28 bits per heavy atom. The van der Waals surface area contributed by atoms with Gasteiger partial charge in [0.15, 0.2) is 11.5 Å². The van der Waals surface area contributed by atoms with Crippen molar-refractivity contribution in [2.24, 2.45) is 5.73 Å². The summed E-state index contributed by atoms with van der Waals surface area (Å²) in [6.45, 7) is 2.93. The number of nitrogens with two attached hydrogens (primary N) is 1. The fourth-order valence-corrected chi connectivity index (χ4v) is 4.42. The maximum atomic E-state index is 13.5. The van der Waals surface area contributed by atoms with E-state index in [2.05, 4.69) is 9.97 Å². The summed E-state index contributed by atoms with van der Waals surface area (Å²) in [6.07, 6.45) is -4.43. The van der Waals surface area contributed by atoms with E-state index in [0.29, 0.717) is 5.56 Å². The third kappa shape index (κ3) is 4.65. The highest BCUT2D eigenvalue weighted by Crippen LogP contribution is 2.37. The van der Waals surface area contributed by atoms with Gasteiger partial charge < -0.3 is 24.9 Å². The quantitative estimate of drug-likeness (QED) is 0.522. The largest absolute Gasteiger partial charge is 0.494 e. The SMILES string of the molecule is COc1ccc(-c2nc(C(=O)N3CC(C)(O)C[C@H]3C(C)=O)c(CCN)o2)c2ccc(C(F)(F)F)nc12. The van der Waals surface area contributed by atoms with Crippen LogP contribution in [0.15, 0.2) is 28.7 Å². The second kappa shape index (κ2) is 9.17. The van der Waals surface area contributed by atoms with Crippen molar-refractivity contribution in [2.75, 3.05) is 20.2 Å². The molecule has 3 aromatic rings. The number of nitrogens with zero attached hydrogens (tertiary/aromatic N) is 3. The number of likely N-dealkylation sites (tertiary alicyclic amines) is 1. The number of β-amino-alcohol motifs (C(OH)–C–C–N with tert-alkyl or cyclic N) is 1. The predicted octanol–water partition coefficient (Wildman–Crippen LogP) is 2.97. The minimum atomic E-state index is -4.66. The summed E-state index contributed by atoms with van der Waals surface area (Å²) in [4.78, 5) is 35.0. The van der Waals surface area contributed by atoms with Crippen molar-refractivity contribution in [1.82, 2.24) is 14.9 Å². The van der Waals surface area contributed by atoms with Crippen molar-refractivity contribution in [1.29, 1.82) is 0 Å².